The molecule has 0 unspecified atom stereocenters. The standard InChI is InChI=1S/C25H24IN3O3S/c1-5-32-24(31)21-15(2)27-25-29(22(21)17-8-12-19(13-9-17)28(3)4)23(30)20(33-25)14-16-6-10-18(26)11-7-16/h6-14,22H,5H2,1-4H3/b20-14-/t22-/m0/s1. The number of carbonyl (C=O) groups excluding carboxylic acids is 1. The Labute approximate surface area is 209 Å². The van der Waals surface area contributed by atoms with Crippen LogP contribution in [0.4, 0.5) is 5.69 Å². The molecule has 1 aliphatic rings. The number of rotatable bonds is 5. The quantitative estimate of drug-likeness (QED) is 0.347. The van der Waals surface area contributed by atoms with Crippen molar-refractivity contribution in [3.8, 4) is 0 Å². The van der Waals surface area contributed by atoms with Gasteiger partial charge in [0, 0.05) is 23.4 Å². The monoisotopic (exact) mass is 573 g/mol. The zero-order valence-electron chi connectivity index (χ0n) is 18.8. The molecule has 2 aromatic carbocycles. The zero-order valence-corrected chi connectivity index (χ0v) is 21.8. The summed E-state index contributed by atoms with van der Waals surface area (Å²) < 4.78 is 8.67. The van der Waals surface area contributed by atoms with Crippen LogP contribution in [-0.4, -0.2) is 31.2 Å². The summed E-state index contributed by atoms with van der Waals surface area (Å²) >= 11 is 3.58. The highest BCUT2D eigenvalue weighted by Gasteiger charge is 2.33. The third kappa shape index (κ3) is 4.67. The first-order chi connectivity index (χ1) is 15.8. The molecule has 170 valence electrons. The summed E-state index contributed by atoms with van der Waals surface area (Å²) in [6, 6.07) is 15.2. The van der Waals surface area contributed by atoms with Crippen LogP contribution in [0.5, 0.6) is 0 Å². The van der Waals surface area contributed by atoms with E-state index in [4.69, 9.17) is 4.74 Å². The van der Waals surface area contributed by atoms with E-state index in [0.29, 0.717) is 20.6 Å². The Kier molecular flexibility index (Phi) is 6.85. The van der Waals surface area contributed by atoms with Crippen LogP contribution in [0.1, 0.15) is 31.0 Å². The molecule has 0 radical (unpaired) electrons. The Morgan fingerprint density at radius 1 is 1.18 bits per heavy atom. The molecule has 1 atom stereocenters. The molecule has 8 heteroatoms. The van der Waals surface area contributed by atoms with Crippen molar-refractivity contribution in [3.63, 3.8) is 0 Å². The lowest BCUT2D eigenvalue weighted by molar-refractivity contribution is -0.139. The maximum atomic E-state index is 13.6. The molecule has 0 fully saturated rings. The van der Waals surface area contributed by atoms with Crippen molar-refractivity contribution in [2.24, 2.45) is 4.99 Å². The van der Waals surface area contributed by atoms with Gasteiger partial charge in [-0.1, -0.05) is 35.6 Å². The van der Waals surface area contributed by atoms with E-state index in [-0.39, 0.29) is 12.2 Å². The molecule has 0 saturated carbocycles. The van der Waals surface area contributed by atoms with E-state index in [1.54, 1.807) is 18.4 Å². The molecule has 1 aliphatic heterocycles. The van der Waals surface area contributed by atoms with Gasteiger partial charge in [-0.25, -0.2) is 9.79 Å². The van der Waals surface area contributed by atoms with Crippen molar-refractivity contribution < 1.29 is 9.53 Å². The van der Waals surface area contributed by atoms with Crippen LogP contribution < -0.4 is 19.8 Å². The molecule has 0 N–H and O–H groups in total. The number of fused-ring (bicyclic) bond motifs is 1. The molecule has 1 aromatic heterocycles. The highest BCUT2D eigenvalue weighted by atomic mass is 127. The summed E-state index contributed by atoms with van der Waals surface area (Å²) in [4.78, 5) is 33.7. The van der Waals surface area contributed by atoms with Crippen LogP contribution in [0, 0.1) is 3.57 Å². The summed E-state index contributed by atoms with van der Waals surface area (Å²) in [7, 11) is 3.94. The number of hydrogen-bond donors (Lipinski definition) is 0. The molecule has 0 saturated heterocycles. The van der Waals surface area contributed by atoms with Gasteiger partial charge in [-0.05, 0) is 77.9 Å². The van der Waals surface area contributed by atoms with Crippen molar-refractivity contribution in [1.82, 2.24) is 4.57 Å². The number of allylic oxidation sites excluding steroid dienone is 1. The van der Waals surface area contributed by atoms with Crippen LogP contribution in [-0.2, 0) is 9.53 Å². The van der Waals surface area contributed by atoms with Gasteiger partial charge in [0.15, 0.2) is 4.80 Å². The van der Waals surface area contributed by atoms with Crippen LogP contribution in [0.3, 0.4) is 0 Å². The van der Waals surface area contributed by atoms with Gasteiger partial charge < -0.3 is 9.64 Å². The predicted molar refractivity (Wildman–Crippen MR) is 140 cm³/mol. The minimum atomic E-state index is -0.601. The molecular formula is C25H24IN3O3S. The molecule has 33 heavy (non-hydrogen) atoms. The molecule has 3 aromatic rings. The number of nitrogens with zero attached hydrogens (tertiary/aromatic N) is 3. The third-order valence-electron chi connectivity index (χ3n) is 5.41. The Hall–Kier alpha value is -2.72. The normalized spacial score (nSPS) is 15.8. The average Bonchev–Trinajstić information content (AvgIpc) is 3.09. The number of halogens is 1. The van der Waals surface area contributed by atoms with Gasteiger partial charge in [0.25, 0.3) is 5.56 Å². The second-order valence-electron chi connectivity index (χ2n) is 7.84. The van der Waals surface area contributed by atoms with Crippen LogP contribution in [0.15, 0.2) is 69.6 Å². The Morgan fingerprint density at radius 3 is 2.45 bits per heavy atom. The number of carbonyl (C=O) groups is 1. The zero-order chi connectivity index (χ0) is 23.7. The predicted octanol–water partition coefficient (Wildman–Crippen LogP) is 3.47. The van der Waals surface area contributed by atoms with E-state index < -0.39 is 12.0 Å². The second kappa shape index (κ2) is 9.64. The van der Waals surface area contributed by atoms with Crippen molar-refractivity contribution in [3.05, 3.63) is 94.2 Å². The van der Waals surface area contributed by atoms with Gasteiger partial charge in [0.05, 0.1) is 28.5 Å². The summed E-state index contributed by atoms with van der Waals surface area (Å²) in [6.07, 6.45) is 1.87. The number of anilines is 1. The largest absolute Gasteiger partial charge is 0.463 e. The molecule has 0 spiro atoms. The van der Waals surface area contributed by atoms with Crippen molar-refractivity contribution in [2.75, 3.05) is 25.6 Å². The molecule has 0 amide bonds. The van der Waals surface area contributed by atoms with E-state index in [2.05, 4.69) is 27.6 Å². The fourth-order valence-corrected chi connectivity index (χ4v) is 5.18. The summed E-state index contributed by atoms with van der Waals surface area (Å²) in [5.41, 5.74) is 3.59. The maximum absolute atomic E-state index is 13.6. The van der Waals surface area contributed by atoms with Gasteiger partial charge in [0.1, 0.15) is 0 Å². The number of ether oxygens (including phenoxy) is 1. The molecule has 0 aliphatic carbocycles. The number of aromatic nitrogens is 1. The summed E-state index contributed by atoms with van der Waals surface area (Å²) in [6.45, 7) is 3.81. The average molecular weight is 573 g/mol. The second-order valence-corrected chi connectivity index (χ2v) is 10.1. The minimum Gasteiger partial charge on any atom is -0.463 e. The van der Waals surface area contributed by atoms with Gasteiger partial charge >= 0.3 is 5.97 Å². The van der Waals surface area contributed by atoms with Crippen LogP contribution in [0.25, 0.3) is 6.08 Å². The minimum absolute atomic E-state index is 0.173. The molecule has 6 nitrogen and oxygen atoms in total. The van der Waals surface area contributed by atoms with E-state index in [0.717, 1.165) is 20.4 Å². The number of hydrogen-bond acceptors (Lipinski definition) is 6. The Balaban J connectivity index is 1.92. The van der Waals surface area contributed by atoms with Gasteiger partial charge in [-0.15, -0.1) is 0 Å². The highest BCUT2D eigenvalue weighted by molar-refractivity contribution is 14.1. The van der Waals surface area contributed by atoms with Crippen LogP contribution in [0.2, 0.25) is 0 Å². The molecular weight excluding hydrogens is 549 g/mol. The summed E-state index contributed by atoms with van der Waals surface area (Å²) in [5, 5.41) is 0. The van der Waals surface area contributed by atoms with Crippen molar-refractivity contribution in [2.45, 2.75) is 19.9 Å². The number of thiazole rings is 1. The Morgan fingerprint density at radius 2 is 1.85 bits per heavy atom. The van der Waals surface area contributed by atoms with Crippen molar-refractivity contribution >= 4 is 51.7 Å². The first-order valence-corrected chi connectivity index (χ1v) is 12.4. The summed E-state index contributed by atoms with van der Waals surface area (Å²) in [5.74, 6) is -0.452. The third-order valence-corrected chi connectivity index (χ3v) is 7.11. The molecule has 0 bridgehead atoms. The van der Waals surface area contributed by atoms with E-state index >= 15 is 0 Å². The Bertz CT molecular complexity index is 1400. The number of esters is 1. The van der Waals surface area contributed by atoms with Crippen molar-refractivity contribution in [1.29, 1.82) is 0 Å². The maximum Gasteiger partial charge on any atom is 0.338 e. The first kappa shape index (κ1) is 23.4. The SMILES string of the molecule is CCOC(=O)C1=C(C)N=c2s/c(=C\c3ccc(I)cc3)c(=O)n2[C@H]1c1ccc(N(C)C)cc1. The lowest BCUT2D eigenvalue weighted by atomic mass is 9.95. The lowest BCUT2D eigenvalue weighted by Gasteiger charge is -2.25. The first-order valence-electron chi connectivity index (χ1n) is 10.5. The molecule has 4 rings (SSSR count). The fourth-order valence-electron chi connectivity index (χ4n) is 3.77. The van der Waals surface area contributed by atoms with E-state index in [1.165, 1.54) is 11.3 Å². The van der Waals surface area contributed by atoms with Gasteiger partial charge in [0.2, 0.25) is 0 Å². The van der Waals surface area contributed by atoms with Gasteiger partial charge in [-0.2, -0.15) is 0 Å². The van der Waals surface area contributed by atoms with Gasteiger partial charge in [-0.3, -0.25) is 9.36 Å². The topological polar surface area (TPSA) is 63.9 Å². The molecule has 2 heterocycles. The van der Waals surface area contributed by atoms with E-state index in [1.807, 2.05) is 73.6 Å². The smallest absolute Gasteiger partial charge is 0.338 e. The van der Waals surface area contributed by atoms with E-state index in [9.17, 15) is 9.59 Å². The van der Waals surface area contributed by atoms with Crippen LogP contribution >= 0.6 is 33.9 Å². The fraction of sp³-hybridized carbons (Fsp3) is 0.240. The lowest BCUT2D eigenvalue weighted by Crippen LogP contribution is -2.39. The number of benzene rings is 2. The highest BCUT2D eigenvalue weighted by Crippen LogP contribution is 2.31.